The van der Waals surface area contributed by atoms with Crippen LogP contribution in [0, 0.1) is 5.82 Å². The molecule has 0 unspecified atom stereocenters. The molecule has 0 fully saturated rings. The molecule has 0 radical (unpaired) electrons. The predicted molar refractivity (Wildman–Crippen MR) is 53.0 cm³/mol. The van der Waals surface area contributed by atoms with E-state index in [2.05, 4.69) is 15.9 Å². The van der Waals surface area contributed by atoms with Crippen LogP contribution in [0.1, 0.15) is 6.92 Å². The van der Waals surface area contributed by atoms with Crippen molar-refractivity contribution in [2.45, 2.75) is 6.92 Å². The molecule has 1 aromatic carbocycles. The van der Waals surface area contributed by atoms with Crippen LogP contribution in [0.4, 0.5) is 4.39 Å². The Morgan fingerprint density at radius 3 is 2.75 bits per heavy atom. The summed E-state index contributed by atoms with van der Waals surface area (Å²) in [6.07, 6.45) is 0. The summed E-state index contributed by atoms with van der Waals surface area (Å²) in [6.45, 7) is 1.66. The number of halogens is 2. The van der Waals surface area contributed by atoms with E-state index in [1.807, 2.05) is 0 Å². The summed E-state index contributed by atoms with van der Waals surface area (Å²) in [5.74, 6) is 0.222. The monoisotopic (exact) mass is 248 g/mol. The molecule has 1 nitrogen and oxygen atoms in total. The van der Waals surface area contributed by atoms with Crippen molar-refractivity contribution in [3.05, 3.63) is 28.5 Å². The first-order valence-corrected chi connectivity index (χ1v) is 4.43. The van der Waals surface area contributed by atoms with E-state index in [1.54, 1.807) is 6.92 Å². The van der Waals surface area contributed by atoms with Gasteiger partial charge in [0.05, 0.1) is 4.47 Å². The fourth-order valence-corrected chi connectivity index (χ4v) is 1.16. The number of hydrogen-bond donors (Lipinski definition) is 0. The first-order chi connectivity index (χ1) is 5.59. The van der Waals surface area contributed by atoms with Gasteiger partial charge in [0.25, 0.3) is 0 Å². The molecule has 0 saturated heterocycles. The zero-order chi connectivity index (χ0) is 9.14. The highest BCUT2D eigenvalue weighted by Crippen LogP contribution is 2.21. The largest absolute Gasteiger partial charge is 0.451 e. The van der Waals surface area contributed by atoms with Crippen LogP contribution in [0.2, 0.25) is 0 Å². The molecule has 0 aliphatic heterocycles. The summed E-state index contributed by atoms with van der Waals surface area (Å²) < 4.78 is 18.2. The molecule has 0 aliphatic rings. The molecule has 0 atom stereocenters. The third-order valence-corrected chi connectivity index (χ3v) is 1.84. The molecule has 0 saturated carbocycles. The standard InChI is InChI=1S/C8H6BrFOS/c1-5(12)11-6-2-3-8(10)7(9)4-6/h2-4H,1H3. The molecule has 4 heteroatoms. The lowest BCUT2D eigenvalue weighted by Crippen LogP contribution is -1.98. The first kappa shape index (κ1) is 9.61. The molecule has 12 heavy (non-hydrogen) atoms. The molecule has 64 valence electrons. The van der Waals surface area contributed by atoms with E-state index in [9.17, 15) is 4.39 Å². The molecule has 1 aromatic rings. The van der Waals surface area contributed by atoms with Crippen LogP contribution in [0.25, 0.3) is 0 Å². The first-order valence-electron chi connectivity index (χ1n) is 3.23. The van der Waals surface area contributed by atoms with Crippen LogP contribution in [-0.4, -0.2) is 5.05 Å². The van der Waals surface area contributed by atoms with Gasteiger partial charge in [-0.1, -0.05) is 0 Å². The lowest BCUT2D eigenvalue weighted by molar-refractivity contribution is 0.554. The van der Waals surface area contributed by atoms with Crippen molar-refractivity contribution >= 4 is 33.2 Å². The van der Waals surface area contributed by atoms with Crippen molar-refractivity contribution in [3.63, 3.8) is 0 Å². The third-order valence-electron chi connectivity index (χ3n) is 1.15. The van der Waals surface area contributed by atoms with Crippen LogP contribution in [0.5, 0.6) is 5.75 Å². The van der Waals surface area contributed by atoms with Gasteiger partial charge in [-0.2, -0.15) is 0 Å². The molecule has 1 rings (SSSR count). The van der Waals surface area contributed by atoms with E-state index >= 15 is 0 Å². The molecular weight excluding hydrogens is 243 g/mol. The number of ether oxygens (including phenoxy) is 1. The average molecular weight is 249 g/mol. The van der Waals surface area contributed by atoms with Crippen molar-refractivity contribution in [3.8, 4) is 5.75 Å². The minimum Gasteiger partial charge on any atom is -0.451 e. The highest BCUT2D eigenvalue weighted by molar-refractivity contribution is 9.10. The zero-order valence-corrected chi connectivity index (χ0v) is 8.71. The Balaban J connectivity index is 2.89. The summed E-state index contributed by atoms with van der Waals surface area (Å²) >= 11 is 7.76. The second-order valence-corrected chi connectivity index (χ2v) is 3.60. The van der Waals surface area contributed by atoms with Crippen LogP contribution < -0.4 is 4.74 Å². The second kappa shape index (κ2) is 3.96. The van der Waals surface area contributed by atoms with Crippen molar-refractivity contribution in [2.24, 2.45) is 0 Å². The lowest BCUT2D eigenvalue weighted by atomic mass is 10.3. The SMILES string of the molecule is CC(=S)Oc1ccc(F)c(Br)c1. The number of rotatable bonds is 1. The molecule has 0 spiro atoms. The maximum Gasteiger partial charge on any atom is 0.164 e. The van der Waals surface area contributed by atoms with Crippen molar-refractivity contribution < 1.29 is 9.13 Å². The summed E-state index contributed by atoms with van der Waals surface area (Å²) in [4.78, 5) is 0. The molecule has 0 N–H and O–H groups in total. The number of benzene rings is 1. The van der Waals surface area contributed by atoms with Crippen LogP contribution in [0.15, 0.2) is 22.7 Å². The predicted octanol–water partition coefficient (Wildman–Crippen LogP) is 3.31. The maximum atomic E-state index is 12.7. The highest BCUT2D eigenvalue weighted by Gasteiger charge is 2.01. The van der Waals surface area contributed by atoms with Gasteiger partial charge in [0.2, 0.25) is 0 Å². The van der Waals surface area contributed by atoms with Crippen molar-refractivity contribution in [2.75, 3.05) is 0 Å². The fourth-order valence-electron chi connectivity index (χ4n) is 0.706. The van der Waals surface area contributed by atoms with Gasteiger partial charge in [0.15, 0.2) is 5.05 Å². The quantitative estimate of drug-likeness (QED) is 0.706. The van der Waals surface area contributed by atoms with Gasteiger partial charge in [-0.05, 0) is 46.3 Å². The van der Waals surface area contributed by atoms with Gasteiger partial charge >= 0.3 is 0 Å². The Labute approximate surface area is 83.7 Å². The van der Waals surface area contributed by atoms with Gasteiger partial charge in [-0.3, -0.25) is 0 Å². The molecule has 0 aliphatic carbocycles. The van der Waals surface area contributed by atoms with E-state index in [0.717, 1.165) is 0 Å². The second-order valence-electron chi connectivity index (χ2n) is 2.17. The van der Waals surface area contributed by atoms with Gasteiger partial charge in [-0.25, -0.2) is 4.39 Å². The van der Waals surface area contributed by atoms with Crippen molar-refractivity contribution in [1.29, 1.82) is 0 Å². The molecule has 0 heterocycles. The topological polar surface area (TPSA) is 9.23 Å². The van der Waals surface area contributed by atoms with E-state index in [-0.39, 0.29) is 5.82 Å². The minimum absolute atomic E-state index is 0.315. The Morgan fingerprint density at radius 2 is 2.25 bits per heavy atom. The molecule has 0 amide bonds. The molecule has 0 aromatic heterocycles. The Bertz CT molecular complexity index is 314. The number of hydrogen-bond acceptors (Lipinski definition) is 2. The van der Waals surface area contributed by atoms with Crippen LogP contribution in [0.3, 0.4) is 0 Å². The van der Waals surface area contributed by atoms with Crippen molar-refractivity contribution in [1.82, 2.24) is 0 Å². The maximum absolute atomic E-state index is 12.7. The third kappa shape index (κ3) is 2.53. The average Bonchev–Trinajstić information content (AvgIpc) is 1.96. The van der Waals surface area contributed by atoms with Crippen LogP contribution >= 0.6 is 28.1 Å². The van der Waals surface area contributed by atoms with Gasteiger partial charge in [0.1, 0.15) is 11.6 Å². The van der Waals surface area contributed by atoms with E-state index in [0.29, 0.717) is 15.3 Å². The lowest BCUT2D eigenvalue weighted by Gasteiger charge is -2.02. The van der Waals surface area contributed by atoms with Gasteiger partial charge < -0.3 is 4.74 Å². The van der Waals surface area contributed by atoms with E-state index in [1.165, 1.54) is 18.2 Å². The van der Waals surface area contributed by atoms with Crippen LogP contribution in [-0.2, 0) is 0 Å². The highest BCUT2D eigenvalue weighted by atomic mass is 79.9. The summed E-state index contributed by atoms with van der Waals surface area (Å²) in [5, 5.41) is 0.411. The molecular formula is C8H6BrFOS. The van der Waals surface area contributed by atoms with E-state index < -0.39 is 0 Å². The van der Waals surface area contributed by atoms with Gasteiger partial charge in [0, 0.05) is 6.92 Å². The zero-order valence-electron chi connectivity index (χ0n) is 6.30. The minimum atomic E-state index is -0.315. The smallest absolute Gasteiger partial charge is 0.164 e. The van der Waals surface area contributed by atoms with E-state index in [4.69, 9.17) is 17.0 Å². The fraction of sp³-hybridized carbons (Fsp3) is 0.125. The molecule has 0 bridgehead atoms. The van der Waals surface area contributed by atoms with Gasteiger partial charge in [-0.15, -0.1) is 0 Å². The summed E-state index contributed by atoms with van der Waals surface area (Å²) in [7, 11) is 0. The Kier molecular flexibility index (Phi) is 3.17. The normalized spacial score (nSPS) is 9.58. The Morgan fingerprint density at radius 1 is 1.58 bits per heavy atom. The number of thiocarbonyl (C=S) groups is 1. The summed E-state index contributed by atoms with van der Waals surface area (Å²) in [6, 6.07) is 4.37. The Hall–Kier alpha value is -0.480. The summed E-state index contributed by atoms with van der Waals surface area (Å²) in [5.41, 5.74) is 0.